The van der Waals surface area contributed by atoms with Crippen LogP contribution in [0.3, 0.4) is 0 Å². The lowest BCUT2D eigenvalue weighted by molar-refractivity contribution is -0.138. The first kappa shape index (κ1) is 21.2. The quantitative estimate of drug-likeness (QED) is 0.560. The van der Waals surface area contributed by atoms with Crippen LogP contribution in [-0.2, 0) is 17.5 Å². The summed E-state index contributed by atoms with van der Waals surface area (Å²) < 4.78 is 52.4. The Hall–Kier alpha value is -3.06. The van der Waals surface area contributed by atoms with Gasteiger partial charge in [0.2, 0.25) is 5.91 Å². The number of benzene rings is 1. The molecule has 0 fully saturated rings. The SMILES string of the molecule is N#Cc1c(F)cccc1NCCNC(=O)Cn1cc(C(F)(F)F)cc(Cl)c1=O. The molecule has 6 nitrogen and oxygen atoms in total. The summed E-state index contributed by atoms with van der Waals surface area (Å²) >= 11 is 5.51. The zero-order chi connectivity index (χ0) is 20.9. The van der Waals surface area contributed by atoms with Crippen molar-refractivity contribution in [3.8, 4) is 6.07 Å². The number of rotatable bonds is 6. The van der Waals surface area contributed by atoms with Crippen LogP contribution >= 0.6 is 11.6 Å². The van der Waals surface area contributed by atoms with E-state index >= 15 is 0 Å². The molecule has 0 radical (unpaired) electrons. The Morgan fingerprint density at radius 2 is 2.00 bits per heavy atom. The number of aromatic nitrogens is 1. The van der Waals surface area contributed by atoms with Crippen molar-refractivity contribution in [1.29, 1.82) is 5.26 Å². The van der Waals surface area contributed by atoms with E-state index in [-0.39, 0.29) is 24.3 Å². The molecular formula is C17H13ClF4N4O2. The molecule has 148 valence electrons. The van der Waals surface area contributed by atoms with Crippen molar-refractivity contribution in [1.82, 2.24) is 9.88 Å². The van der Waals surface area contributed by atoms with Crippen LogP contribution in [0.25, 0.3) is 0 Å². The largest absolute Gasteiger partial charge is 0.417 e. The highest BCUT2D eigenvalue weighted by molar-refractivity contribution is 6.30. The molecule has 0 aliphatic rings. The standard InChI is InChI=1S/C17H13ClF4N4O2/c18-12-6-10(17(20,21)22)8-26(16(12)28)9-15(27)25-5-4-24-14-3-1-2-13(19)11(14)7-23/h1-3,6,8,24H,4-5,9H2,(H,25,27). The molecular weight excluding hydrogens is 404 g/mol. The van der Waals surface area contributed by atoms with Gasteiger partial charge < -0.3 is 15.2 Å². The average Bonchev–Trinajstić information content (AvgIpc) is 2.61. The Balaban J connectivity index is 1.95. The lowest BCUT2D eigenvalue weighted by Gasteiger charge is -2.12. The molecule has 0 bridgehead atoms. The van der Waals surface area contributed by atoms with Gasteiger partial charge >= 0.3 is 6.18 Å². The van der Waals surface area contributed by atoms with Crippen LogP contribution in [0.15, 0.2) is 35.3 Å². The number of carbonyl (C=O) groups excluding carboxylic acids is 1. The Labute approximate surface area is 161 Å². The van der Waals surface area contributed by atoms with Crippen LogP contribution in [-0.4, -0.2) is 23.6 Å². The first-order valence-corrected chi connectivity index (χ1v) is 8.17. The highest BCUT2D eigenvalue weighted by Crippen LogP contribution is 2.29. The summed E-state index contributed by atoms with van der Waals surface area (Å²) in [7, 11) is 0. The van der Waals surface area contributed by atoms with E-state index in [0.29, 0.717) is 16.8 Å². The van der Waals surface area contributed by atoms with Crippen molar-refractivity contribution >= 4 is 23.2 Å². The second-order valence-corrected chi connectivity index (χ2v) is 5.97. The molecule has 28 heavy (non-hydrogen) atoms. The van der Waals surface area contributed by atoms with Gasteiger partial charge in [0, 0.05) is 19.3 Å². The second kappa shape index (κ2) is 8.75. The molecule has 11 heteroatoms. The summed E-state index contributed by atoms with van der Waals surface area (Å²) in [4.78, 5) is 23.7. The van der Waals surface area contributed by atoms with E-state index in [0.717, 1.165) is 6.07 Å². The van der Waals surface area contributed by atoms with Gasteiger partial charge in [0.05, 0.1) is 11.3 Å². The number of alkyl halides is 3. The lowest BCUT2D eigenvalue weighted by atomic mass is 10.2. The second-order valence-electron chi connectivity index (χ2n) is 5.56. The van der Waals surface area contributed by atoms with Crippen LogP contribution in [0.1, 0.15) is 11.1 Å². The van der Waals surface area contributed by atoms with E-state index in [4.69, 9.17) is 16.9 Å². The number of carbonyl (C=O) groups is 1. The molecule has 2 rings (SSSR count). The molecule has 0 aliphatic carbocycles. The van der Waals surface area contributed by atoms with Crippen LogP contribution in [0.2, 0.25) is 5.02 Å². The molecule has 1 amide bonds. The number of hydrogen-bond acceptors (Lipinski definition) is 4. The Morgan fingerprint density at radius 3 is 2.64 bits per heavy atom. The van der Waals surface area contributed by atoms with Crippen LogP contribution in [0, 0.1) is 17.1 Å². The molecule has 0 unspecified atom stereocenters. The molecule has 2 N–H and O–H groups in total. The fraction of sp³-hybridized carbons (Fsp3) is 0.235. The van der Waals surface area contributed by atoms with E-state index < -0.39 is 40.6 Å². The van der Waals surface area contributed by atoms with Crippen molar-refractivity contribution < 1.29 is 22.4 Å². The number of nitriles is 1. The van der Waals surface area contributed by atoms with Crippen molar-refractivity contribution in [2.45, 2.75) is 12.7 Å². The van der Waals surface area contributed by atoms with Gasteiger partial charge in [0.25, 0.3) is 5.56 Å². The molecule has 0 atom stereocenters. The number of hydrogen-bond donors (Lipinski definition) is 2. The van der Waals surface area contributed by atoms with Crippen molar-refractivity contribution in [3.63, 3.8) is 0 Å². The fourth-order valence-electron chi connectivity index (χ4n) is 2.27. The summed E-state index contributed by atoms with van der Waals surface area (Å²) in [5.74, 6) is -1.42. The van der Waals surface area contributed by atoms with Crippen LogP contribution in [0.4, 0.5) is 23.2 Å². The number of nitrogens with one attached hydrogen (secondary N) is 2. The molecule has 0 saturated heterocycles. The molecule has 0 saturated carbocycles. The van der Waals surface area contributed by atoms with E-state index in [2.05, 4.69) is 10.6 Å². The van der Waals surface area contributed by atoms with Gasteiger partial charge in [-0.3, -0.25) is 9.59 Å². The highest BCUT2D eigenvalue weighted by atomic mass is 35.5. The van der Waals surface area contributed by atoms with E-state index in [1.807, 2.05) is 0 Å². The van der Waals surface area contributed by atoms with Crippen molar-refractivity contribution in [2.24, 2.45) is 0 Å². The molecule has 1 aromatic carbocycles. The molecule has 1 heterocycles. The van der Waals surface area contributed by atoms with Gasteiger partial charge in [-0.15, -0.1) is 0 Å². The zero-order valence-electron chi connectivity index (χ0n) is 14.1. The number of pyridine rings is 1. The summed E-state index contributed by atoms with van der Waals surface area (Å²) in [6.45, 7) is -0.532. The van der Waals surface area contributed by atoms with Gasteiger partial charge in [-0.25, -0.2) is 4.39 Å². The summed E-state index contributed by atoms with van der Waals surface area (Å²) in [5.41, 5.74) is -2.03. The lowest BCUT2D eigenvalue weighted by Crippen LogP contribution is -2.35. The first-order chi connectivity index (χ1) is 13.1. The topological polar surface area (TPSA) is 86.9 Å². The van der Waals surface area contributed by atoms with Gasteiger partial charge in [0.1, 0.15) is 29.0 Å². The van der Waals surface area contributed by atoms with Gasteiger partial charge in [-0.2, -0.15) is 18.4 Å². The Morgan fingerprint density at radius 1 is 1.29 bits per heavy atom. The van der Waals surface area contributed by atoms with Crippen molar-refractivity contribution in [2.75, 3.05) is 18.4 Å². The maximum atomic E-state index is 13.5. The minimum absolute atomic E-state index is 0.0155. The molecule has 0 spiro atoms. The predicted molar refractivity (Wildman–Crippen MR) is 93.3 cm³/mol. The number of amides is 1. The van der Waals surface area contributed by atoms with Gasteiger partial charge in [0.15, 0.2) is 0 Å². The van der Waals surface area contributed by atoms with Crippen LogP contribution in [0.5, 0.6) is 0 Å². The fourth-order valence-corrected chi connectivity index (χ4v) is 2.49. The summed E-state index contributed by atoms with van der Waals surface area (Å²) in [6.07, 6.45) is -4.21. The third-order valence-corrected chi connectivity index (χ3v) is 3.84. The molecule has 2 aromatic rings. The molecule has 0 aliphatic heterocycles. The third-order valence-electron chi connectivity index (χ3n) is 3.57. The number of nitrogens with zero attached hydrogens (tertiary/aromatic N) is 2. The smallest absolute Gasteiger partial charge is 0.382 e. The third kappa shape index (κ3) is 5.23. The van der Waals surface area contributed by atoms with Crippen LogP contribution < -0.4 is 16.2 Å². The highest BCUT2D eigenvalue weighted by Gasteiger charge is 2.32. The minimum atomic E-state index is -4.72. The predicted octanol–water partition coefficient (Wildman–Crippen LogP) is 2.76. The first-order valence-electron chi connectivity index (χ1n) is 7.80. The normalized spacial score (nSPS) is 11.0. The summed E-state index contributed by atoms with van der Waals surface area (Å²) in [6, 6.07) is 6.21. The number of anilines is 1. The van der Waals surface area contributed by atoms with E-state index in [1.165, 1.54) is 12.1 Å². The average molecular weight is 417 g/mol. The molecule has 1 aromatic heterocycles. The van der Waals surface area contributed by atoms with Gasteiger partial charge in [-0.1, -0.05) is 17.7 Å². The summed E-state index contributed by atoms with van der Waals surface area (Å²) in [5, 5.41) is 13.4. The van der Waals surface area contributed by atoms with Gasteiger partial charge in [-0.05, 0) is 18.2 Å². The number of halogens is 5. The van der Waals surface area contributed by atoms with E-state index in [1.54, 1.807) is 6.07 Å². The Bertz CT molecular complexity index is 983. The minimum Gasteiger partial charge on any atom is -0.382 e. The van der Waals surface area contributed by atoms with Crippen molar-refractivity contribution in [3.05, 3.63) is 62.8 Å². The Kier molecular flexibility index (Phi) is 6.64. The maximum Gasteiger partial charge on any atom is 0.417 e. The maximum absolute atomic E-state index is 13.5. The monoisotopic (exact) mass is 416 g/mol. The van der Waals surface area contributed by atoms with E-state index in [9.17, 15) is 27.2 Å². The zero-order valence-corrected chi connectivity index (χ0v) is 14.9.